The second-order valence-corrected chi connectivity index (χ2v) is 10.4. The zero-order valence-corrected chi connectivity index (χ0v) is 21.3. The van der Waals surface area contributed by atoms with Crippen molar-refractivity contribution in [3.05, 3.63) is 65.0 Å². The molecular formula is C25H34FN3O4S. The highest BCUT2D eigenvalue weighted by molar-refractivity contribution is 7.92. The van der Waals surface area contributed by atoms with Crippen LogP contribution < -0.4 is 9.62 Å². The third kappa shape index (κ3) is 7.28. The molecule has 7 nitrogen and oxygen atoms in total. The Morgan fingerprint density at radius 3 is 2.38 bits per heavy atom. The highest BCUT2D eigenvalue weighted by Gasteiger charge is 2.30. The summed E-state index contributed by atoms with van der Waals surface area (Å²) in [6.45, 7) is 6.99. The molecule has 0 aliphatic rings. The topological polar surface area (TPSA) is 86.8 Å². The zero-order chi connectivity index (χ0) is 25.5. The van der Waals surface area contributed by atoms with Crippen LogP contribution in [0, 0.1) is 19.7 Å². The van der Waals surface area contributed by atoms with Crippen molar-refractivity contribution >= 4 is 27.5 Å². The minimum absolute atomic E-state index is 0.168. The van der Waals surface area contributed by atoms with Crippen molar-refractivity contribution in [2.75, 3.05) is 23.7 Å². The van der Waals surface area contributed by atoms with Crippen LogP contribution in [-0.2, 0) is 26.2 Å². The number of amides is 2. The number of benzene rings is 2. The van der Waals surface area contributed by atoms with Gasteiger partial charge in [-0.1, -0.05) is 49.2 Å². The molecule has 2 aromatic rings. The lowest BCUT2D eigenvalue weighted by molar-refractivity contribution is -0.139. The van der Waals surface area contributed by atoms with Crippen LogP contribution in [0.3, 0.4) is 0 Å². The molecule has 0 spiro atoms. The van der Waals surface area contributed by atoms with Crippen LogP contribution in [0.4, 0.5) is 10.1 Å². The van der Waals surface area contributed by atoms with E-state index in [1.165, 1.54) is 23.1 Å². The van der Waals surface area contributed by atoms with E-state index in [0.29, 0.717) is 17.8 Å². The lowest BCUT2D eigenvalue weighted by Gasteiger charge is -2.32. The molecular weight excluding hydrogens is 457 g/mol. The highest BCUT2D eigenvalue weighted by atomic mass is 32.2. The van der Waals surface area contributed by atoms with Crippen molar-refractivity contribution in [1.29, 1.82) is 0 Å². The van der Waals surface area contributed by atoms with Crippen LogP contribution in [0.5, 0.6) is 0 Å². The van der Waals surface area contributed by atoms with Gasteiger partial charge in [-0.3, -0.25) is 13.9 Å². The van der Waals surface area contributed by atoms with E-state index in [-0.39, 0.29) is 18.0 Å². The van der Waals surface area contributed by atoms with Gasteiger partial charge < -0.3 is 10.2 Å². The molecule has 0 fully saturated rings. The number of anilines is 1. The number of sulfonamides is 1. The van der Waals surface area contributed by atoms with Crippen molar-refractivity contribution in [2.45, 2.75) is 53.1 Å². The Kier molecular flexibility index (Phi) is 9.61. The number of nitrogens with one attached hydrogen (secondary N) is 1. The fourth-order valence-corrected chi connectivity index (χ4v) is 4.52. The fourth-order valence-electron chi connectivity index (χ4n) is 3.61. The van der Waals surface area contributed by atoms with E-state index < -0.39 is 34.3 Å². The van der Waals surface area contributed by atoms with Gasteiger partial charge >= 0.3 is 0 Å². The number of rotatable bonds is 11. The second-order valence-electron chi connectivity index (χ2n) is 8.49. The molecule has 9 heteroatoms. The summed E-state index contributed by atoms with van der Waals surface area (Å²) in [6.07, 6.45) is 2.71. The Bertz CT molecular complexity index is 1120. The molecule has 2 aromatic carbocycles. The van der Waals surface area contributed by atoms with E-state index in [1.54, 1.807) is 32.0 Å². The number of hydrogen-bond acceptors (Lipinski definition) is 4. The first kappa shape index (κ1) is 27.3. The van der Waals surface area contributed by atoms with E-state index in [9.17, 15) is 22.4 Å². The Morgan fingerprint density at radius 1 is 1.12 bits per heavy atom. The maximum Gasteiger partial charge on any atom is 0.244 e. The van der Waals surface area contributed by atoms with Gasteiger partial charge in [0.25, 0.3) is 0 Å². The molecule has 34 heavy (non-hydrogen) atoms. The molecule has 2 rings (SSSR count). The van der Waals surface area contributed by atoms with Gasteiger partial charge in [-0.15, -0.1) is 0 Å². The molecule has 0 radical (unpaired) electrons. The van der Waals surface area contributed by atoms with Gasteiger partial charge in [-0.25, -0.2) is 12.8 Å². The van der Waals surface area contributed by atoms with E-state index in [1.807, 2.05) is 19.9 Å². The predicted octanol–water partition coefficient (Wildman–Crippen LogP) is 3.54. The maximum absolute atomic E-state index is 14.4. The molecule has 0 saturated carbocycles. The predicted molar refractivity (Wildman–Crippen MR) is 132 cm³/mol. The molecule has 1 atom stereocenters. The first-order valence-corrected chi connectivity index (χ1v) is 13.2. The molecule has 0 saturated heterocycles. The van der Waals surface area contributed by atoms with Crippen molar-refractivity contribution in [3.63, 3.8) is 0 Å². The van der Waals surface area contributed by atoms with Crippen LogP contribution in [0.1, 0.15) is 43.4 Å². The molecule has 0 aromatic heterocycles. The molecule has 0 bridgehead atoms. The monoisotopic (exact) mass is 491 g/mol. The van der Waals surface area contributed by atoms with Gasteiger partial charge in [0.15, 0.2) is 0 Å². The molecule has 0 aliphatic carbocycles. The SMILES string of the molecule is CCCCNC(=O)[C@@H](C)N(Cc1ccccc1F)C(=O)CN(c1ccc(C)cc1C)S(C)(=O)=O. The van der Waals surface area contributed by atoms with E-state index in [4.69, 9.17) is 0 Å². The number of carbonyl (C=O) groups is 2. The summed E-state index contributed by atoms with van der Waals surface area (Å²) < 4.78 is 40.7. The standard InChI is InChI=1S/C25H34FN3O4S/c1-6-7-14-27-25(31)20(4)28(16-21-10-8-9-11-22(21)26)24(30)17-29(34(5,32)33)23-13-12-18(2)15-19(23)3/h8-13,15,20H,6-7,14,16-17H2,1-5H3,(H,27,31)/t20-/m1/s1. The lowest BCUT2D eigenvalue weighted by atomic mass is 10.1. The summed E-state index contributed by atoms with van der Waals surface area (Å²) >= 11 is 0. The quantitative estimate of drug-likeness (QED) is 0.487. The van der Waals surface area contributed by atoms with E-state index in [0.717, 1.165) is 29.0 Å². The molecule has 0 heterocycles. The third-order valence-electron chi connectivity index (χ3n) is 5.60. The Labute approximate surface area is 202 Å². The minimum Gasteiger partial charge on any atom is -0.354 e. The van der Waals surface area contributed by atoms with Crippen LogP contribution in [0.15, 0.2) is 42.5 Å². The fraction of sp³-hybridized carbons (Fsp3) is 0.440. The van der Waals surface area contributed by atoms with Gasteiger partial charge in [0.05, 0.1) is 11.9 Å². The smallest absolute Gasteiger partial charge is 0.244 e. The number of nitrogens with zero attached hydrogens (tertiary/aromatic N) is 2. The average Bonchev–Trinajstić information content (AvgIpc) is 2.76. The zero-order valence-electron chi connectivity index (χ0n) is 20.5. The van der Waals surface area contributed by atoms with Crippen LogP contribution in [0.2, 0.25) is 0 Å². The Hall–Kier alpha value is -2.94. The summed E-state index contributed by atoms with van der Waals surface area (Å²) in [7, 11) is -3.82. The molecule has 186 valence electrons. The summed E-state index contributed by atoms with van der Waals surface area (Å²) in [6, 6.07) is 10.3. The second kappa shape index (κ2) is 12.0. The van der Waals surface area contributed by atoms with Crippen molar-refractivity contribution in [1.82, 2.24) is 10.2 Å². The summed E-state index contributed by atoms with van der Waals surface area (Å²) in [5, 5.41) is 2.79. The van der Waals surface area contributed by atoms with Crippen LogP contribution >= 0.6 is 0 Å². The van der Waals surface area contributed by atoms with E-state index >= 15 is 0 Å². The van der Waals surface area contributed by atoms with Gasteiger partial charge in [0.2, 0.25) is 21.8 Å². The van der Waals surface area contributed by atoms with Crippen molar-refractivity contribution in [2.24, 2.45) is 0 Å². The minimum atomic E-state index is -3.82. The summed E-state index contributed by atoms with van der Waals surface area (Å²) in [4.78, 5) is 27.4. The van der Waals surface area contributed by atoms with Crippen molar-refractivity contribution in [3.8, 4) is 0 Å². The number of unbranched alkanes of at least 4 members (excludes halogenated alkanes) is 1. The first-order chi connectivity index (χ1) is 16.0. The number of carbonyl (C=O) groups excluding carboxylic acids is 2. The maximum atomic E-state index is 14.4. The molecule has 2 amide bonds. The number of aryl methyl sites for hydroxylation is 2. The summed E-state index contributed by atoms with van der Waals surface area (Å²) in [5.41, 5.74) is 2.28. The summed E-state index contributed by atoms with van der Waals surface area (Å²) in [5.74, 6) is -1.49. The lowest BCUT2D eigenvalue weighted by Crippen LogP contribution is -2.51. The number of halogens is 1. The molecule has 0 unspecified atom stereocenters. The van der Waals surface area contributed by atoms with Crippen molar-refractivity contribution < 1.29 is 22.4 Å². The van der Waals surface area contributed by atoms with Crippen LogP contribution in [0.25, 0.3) is 0 Å². The average molecular weight is 492 g/mol. The highest BCUT2D eigenvalue weighted by Crippen LogP contribution is 2.24. The Morgan fingerprint density at radius 2 is 1.79 bits per heavy atom. The third-order valence-corrected chi connectivity index (χ3v) is 6.72. The van der Waals surface area contributed by atoms with Gasteiger partial charge in [0, 0.05) is 18.7 Å². The van der Waals surface area contributed by atoms with Crippen LogP contribution in [-0.4, -0.2) is 50.5 Å². The largest absolute Gasteiger partial charge is 0.354 e. The van der Waals surface area contributed by atoms with Gasteiger partial charge in [-0.05, 0) is 44.9 Å². The normalized spacial score (nSPS) is 12.2. The van der Waals surface area contributed by atoms with Gasteiger partial charge in [-0.2, -0.15) is 0 Å². The molecule has 0 aliphatic heterocycles. The first-order valence-electron chi connectivity index (χ1n) is 11.3. The van der Waals surface area contributed by atoms with Gasteiger partial charge in [0.1, 0.15) is 18.4 Å². The Balaban J connectivity index is 2.39. The van der Waals surface area contributed by atoms with E-state index in [2.05, 4.69) is 5.32 Å². The number of hydrogen-bond donors (Lipinski definition) is 1. The molecule has 1 N–H and O–H groups in total.